The summed E-state index contributed by atoms with van der Waals surface area (Å²) in [5.41, 5.74) is 2.72. The number of hydrogen-bond acceptors (Lipinski definition) is 3. The van der Waals surface area contributed by atoms with Gasteiger partial charge in [-0.25, -0.2) is 4.98 Å². The van der Waals surface area contributed by atoms with Gasteiger partial charge < -0.3 is 9.73 Å². The number of nitrogens with one attached hydrogen (secondary N) is 1. The number of carbonyl (C=O) groups excluding carboxylic acids is 1. The first-order chi connectivity index (χ1) is 9.34. The molecule has 2 aromatic carbocycles. The topological polar surface area (TPSA) is 55.1 Å². The van der Waals surface area contributed by atoms with E-state index in [0.717, 1.165) is 5.56 Å². The van der Waals surface area contributed by atoms with Crippen molar-refractivity contribution in [2.45, 2.75) is 6.54 Å². The second kappa shape index (κ2) is 4.94. The average molecular weight is 251 g/mol. The third-order valence-corrected chi connectivity index (χ3v) is 2.84. The summed E-state index contributed by atoms with van der Waals surface area (Å²) in [7, 11) is 0. The number of benzene rings is 2. The Balaban J connectivity index is 1.79. The first kappa shape index (κ1) is 11.5. The highest BCUT2D eigenvalue weighted by atomic mass is 16.3. The molecule has 19 heavy (non-hydrogen) atoms. The molecule has 0 bridgehead atoms. The van der Waals surface area contributed by atoms with E-state index >= 15 is 0 Å². The molecule has 0 aliphatic heterocycles. The molecule has 0 atom stereocenters. The molecule has 0 saturated heterocycles. The number of carbonyl (C=O) groups is 1. The van der Waals surface area contributed by atoms with Crippen molar-refractivity contribution in [2.75, 3.05) is 0 Å². The van der Waals surface area contributed by atoms with Crippen LogP contribution in [-0.4, -0.2) is 10.9 Å². The van der Waals surface area contributed by atoms with Gasteiger partial charge in [-0.3, -0.25) is 4.79 Å². The number of para-hydroxylation sites is 1. The van der Waals surface area contributed by atoms with Crippen molar-refractivity contribution < 1.29 is 9.21 Å². The predicted octanol–water partition coefficient (Wildman–Crippen LogP) is 2.56. The van der Waals surface area contributed by atoms with E-state index < -0.39 is 0 Å². The molecule has 1 aromatic heterocycles. The number of nitrogens with zero attached hydrogens (tertiary/aromatic N) is 1. The second-order valence-corrected chi connectivity index (χ2v) is 4.10. The van der Waals surface area contributed by atoms with Gasteiger partial charge in [0.15, 0.2) is 12.0 Å². The minimum absolute atomic E-state index is 0.171. The minimum Gasteiger partial charge on any atom is -0.443 e. The zero-order valence-corrected chi connectivity index (χ0v) is 10.1. The van der Waals surface area contributed by atoms with Crippen LogP contribution >= 0.6 is 0 Å². The van der Waals surface area contributed by atoms with Gasteiger partial charge in [-0.15, -0.1) is 0 Å². The smallest absolute Gasteiger partial charge is 0.255 e. The highest BCUT2D eigenvalue weighted by molar-refractivity contribution is 6.03. The summed E-state index contributed by atoms with van der Waals surface area (Å²) >= 11 is 0. The Morgan fingerprint density at radius 3 is 2.95 bits per heavy atom. The van der Waals surface area contributed by atoms with Crippen molar-refractivity contribution in [1.82, 2.24) is 10.3 Å². The SMILES string of the molecule is O=C(NCc1cc[c]cc1)c1cccc2ncoc12. The molecule has 4 nitrogen and oxygen atoms in total. The van der Waals surface area contributed by atoms with Gasteiger partial charge >= 0.3 is 0 Å². The molecule has 0 saturated carbocycles. The fraction of sp³-hybridized carbons (Fsp3) is 0.0667. The normalized spacial score (nSPS) is 10.5. The number of oxazole rings is 1. The summed E-state index contributed by atoms with van der Waals surface area (Å²) in [6.45, 7) is 0.470. The lowest BCUT2D eigenvalue weighted by atomic mass is 10.1. The van der Waals surface area contributed by atoms with Crippen molar-refractivity contribution in [1.29, 1.82) is 0 Å². The van der Waals surface area contributed by atoms with Crippen molar-refractivity contribution in [3.63, 3.8) is 0 Å². The van der Waals surface area contributed by atoms with Crippen LogP contribution in [0, 0.1) is 6.07 Å². The molecule has 3 rings (SSSR count). The van der Waals surface area contributed by atoms with Gasteiger partial charge in [-0.05, 0) is 23.8 Å². The summed E-state index contributed by atoms with van der Waals surface area (Å²) in [6.07, 6.45) is 1.34. The van der Waals surface area contributed by atoms with E-state index in [1.54, 1.807) is 12.1 Å². The molecule has 1 amide bonds. The monoisotopic (exact) mass is 251 g/mol. The van der Waals surface area contributed by atoms with Crippen LogP contribution in [0.1, 0.15) is 15.9 Å². The van der Waals surface area contributed by atoms with Crippen LogP contribution in [0.2, 0.25) is 0 Å². The van der Waals surface area contributed by atoms with E-state index in [4.69, 9.17) is 4.42 Å². The highest BCUT2D eigenvalue weighted by Gasteiger charge is 2.12. The molecule has 0 fully saturated rings. The predicted molar refractivity (Wildman–Crippen MR) is 70.5 cm³/mol. The van der Waals surface area contributed by atoms with Gasteiger partial charge in [0.05, 0.1) is 5.56 Å². The molecule has 0 unspecified atom stereocenters. The maximum Gasteiger partial charge on any atom is 0.255 e. The highest BCUT2D eigenvalue weighted by Crippen LogP contribution is 2.17. The molecule has 1 radical (unpaired) electrons. The van der Waals surface area contributed by atoms with Crippen LogP contribution in [0.15, 0.2) is 53.3 Å². The third-order valence-electron chi connectivity index (χ3n) is 2.84. The average Bonchev–Trinajstić information content (AvgIpc) is 2.94. The fourth-order valence-electron chi connectivity index (χ4n) is 1.88. The Labute approximate surface area is 110 Å². The molecule has 93 valence electrons. The van der Waals surface area contributed by atoms with Gasteiger partial charge in [-0.1, -0.05) is 30.3 Å². The summed E-state index contributed by atoms with van der Waals surface area (Å²) in [5.74, 6) is -0.171. The Bertz CT molecular complexity index is 704. The fourth-order valence-corrected chi connectivity index (χ4v) is 1.88. The summed E-state index contributed by atoms with van der Waals surface area (Å²) < 4.78 is 5.25. The lowest BCUT2D eigenvalue weighted by Crippen LogP contribution is -2.22. The van der Waals surface area contributed by atoms with E-state index in [-0.39, 0.29) is 5.91 Å². The minimum atomic E-state index is -0.171. The molecule has 0 spiro atoms. The van der Waals surface area contributed by atoms with Gasteiger partial charge in [0.25, 0.3) is 5.91 Å². The van der Waals surface area contributed by atoms with Crippen molar-refractivity contribution >= 4 is 17.0 Å². The number of amides is 1. The summed E-state index contributed by atoms with van der Waals surface area (Å²) in [5, 5.41) is 2.86. The van der Waals surface area contributed by atoms with Crippen LogP contribution < -0.4 is 5.32 Å². The van der Waals surface area contributed by atoms with Gasteiger partial charge in [0.1, 0.15) is 5.52 Å². The largest absolute Gasteiger partial charge is 0.443 e. The van der Waals surface area contributed by atoms with Crippen molar-refractivity contribution in [3.8, 4) is 0 Å². The Morgan fingerprint density at radius 2 is 2.11 bits per heavy atom. The Morgan fingerprint density at radius 1 is 1.26 bits per heavy atom. The maximum atomic E-state index is 12.1. The van der Waals surface area contributed by atoms with E-state index in [0.29, 0.717) is 23.2 Å². The third kappa shape index (κ3) is 2.33. The molecule has 3 aromatic rings. The first-order valence-corrected chi connectivity index (χ1v) is 5.90. The second-order valence-electron chi connectivity index (χ2n) is 4.10. The molecular formula is C15H11N2O2. The number of fused-ring (bicyclic) bond motifs is 1. The summed E-state index contributed by atoms with van der Waals surface area (Å²) in [4.78, 5) is 16.2. The standard InChI is InChI=1S/C15H11N2O2/c18-15(16-9-11-5-2-1-3-6-11)12-7-4-8-13-14(12)19-10-17-13/h2-8,10H,9H2,(H,16,18). The van der Waals surface area contributed by atoms with E-state index in [1.807, 2.05) is 30.3 Å². The van der Waals surface area contributed by atoms with E-state index in [2.05, 4.69) is 16.4 Å². The number of aromatic nitrogens is 1. The van der Waals surface area contributed by atoms with Gasteiger partial charge in [0.2, 0.25) is 0 Å². The van der Waals surface area contributed by atoms with Crippen LogP contribution in [0.4, 0.5) is 0 Å². The Kier molecular flexibility index (Phi) is 2.98. The lowest BCUT2D eigenvalue weighted by Gasteiger charge is -2.05. The van der Waals surface area contributed by atoms with Gasteiger partial charge in [-0.2, -0.15) is 0 Å². The van der Waals surface area contributed by atoms with Crippen LogP contribution in [0.5, 0.6) is 0 Å². The Hall–Kier alpha value is -2.62. The summed E-state index contributed by atoms with van der Waals surface area (Å²) in [6, 6.07) is 15.7. The van der Waals surface area contributed by atoms with Gasteiger partial charge in [0, 0.05) is 6.54 Å². The molecule has 0 aliphatic rings. The number of hydrogen-bond donors (Lipinski definition) is 1. The molecule has 1 N–H and O–H groups in total. The van der Waals surface area contributed by atoms with Crippen molar-refractivity contribution in [2.24, 2.45) is 0 Å². The number of rotatable bonds is 3. The van der Waals surface area contributed by atoms with Crippen LogP contribution in [0.25, 0.3) is 11.1 Å². The zero-order chi connectivity index (χ0) is 13.1. The van der Waals surface area contributed by atoms with E-state index in [9.17, 15) is 4.79 Å². The van der Waals surface area contributed by atoms with Crippen LogP contribution in [-0.2, 0) is 6.54 Å². The molecule has 1 heterocycles. The lowest BCUT2D eigenvalue weighted by molar-refractivity contribution is 0.0951. The van der Waals surface area contributed by atoms with E-state index in [1.165, 1.54) is 6.39 Å². The molecule has 0 aliphatic carbocycles. The van der Waals surface area contributed by atoms with Crippen LogP contribution in [0.3, 0.4) is 0 Å². The molecule has 4 heteroatoms. The quantitative estimate of drug-likeness (QED) is 0.778. The molecular weight excluding hydrogens is 240 g/mol. The van der Waals surface area contributed by atoms with Crippen molar-refractivity contribution in [3.05, 3.63) is 66.1 Å². The maximum absolute atomic E-state index is 12.1. The first-order valence-electron chi connectivity index (χ1n) is 5.90. The zero-order valence-electron chi connectivity index (χ0n) is 10.1.